The van der Waals surface area contributed by atoms with E-state index in [1.165, 1.54) is 6.34 Å². The summed E-state index contributed by atoms with van der Waals surface area (Å²) in [5, 5.41) is 6.68. The zero-order valence-electron chi connectivity index (χ0n) is 4.73. The molecule has 0 saturated carbocycles. The summed E-state index contributed by atoms with van der Waals surface area (Å²) < 4.78 is 0. The molecule has 0 aromatic heterocycles. The molecular weight excluding hydrogens is 88.1 g/mol. The second kappa shape index (κ2) is 2.39. The highest BCUT2D eigenvalue weighted by Gasteiger charge is 1.84. The SMILES string of the molecule is C=C(C)N(C)C=N. The van der Waals surface area contributed by atoms with Crippen molar-refractivity contribution in [1.82, 2.24) is 4.90 Å². The molecule has 0 heterocycles. The third-order valence-corrected chi connectivity index (χ3v) is 0.796. The molecular formula is C5H10N2. The molecule has 0 aromatic carbocycles. The maximum atomic E-state index is 6.68. The van der Waals surface area contributed by atoms with Gasteiger partial charge in [0.1, 0.15) is 0 Å². The highest BCUT2D eigenvalue weighted by molar-refractivity contribution is 5.52. The van der Waals surface area contributed by atoms with Gasteiger partial charge in [-0.05, 0) is 6.92 Å². The smallest absolute Gasteiger partial charge is 0.0856 e. The summed E-state index contributed by atoms with van der Waals surface area (Å²) >= 11 is 0. The molecule has 0 unspecified atom stereocenters. The Balaban J connectivity index is 3.55. The summed E-state index contributed by atoms with van der Waals surface area (Å²) in [5.74, 6) is 0. The van der Waals surface area contributed by atoms with Crippen LogP contribution in [-0.4, -0.2) is 18.3 Å². The lowest BCUT2D eigenvalue weighted by atomic mass is 10.5. The minimum atomic E-state index is 0.884. The standard InChI is InChI=1S/C5H10N2/c1-5(2)7(3)4-6/h4,6H,1H2,2-3H3. The van der Waals surface area contributed by atoms with Crippen LogP contribution in [0.2, 0.25) is 0 Å². The molecule has 0 spiro atoms. The van der Waals surface area contributed by atoms with Crippen LogP contribution in [0.3, 0.4) is 0 Å². The van der Waals surface area contributed by atoms with Crippen molar-refractivity contribution >= 4 is 6.34 Å². The summed E-state index contributed by atoms with van der Waals surface area (Å²) in [6.07, 6.45) is 1.22. The molecule has 7 heavy (non-hydrogen) atoms. The quantitative estimate of drug-likeness (QED) is 0.405. The van der Waals surface area contributed by atoms with Gasteiger partial charge in [0, 0.05) is 12.7 Å². The Morgan fingerprint density at radius 2 is 2.29 bits per heavy atom. The van der Waals surface area contributed by atoms with Crippen LogP contribution in [0.5, 0.6) is 0 Å². The molecule has 0 bridgehead atoms. The zero-order valence-corrected chi connectivity index (χ0v) is 4.73. The first-order valence-corrected chi connectivity index (χ1v) is 2.07. The predicted molar refractivity (Wildman–Crippen MR) is 31.4 cm³/mol. The zero-order chi connectivity index (χ0) is 5.86. The van der Waals surface area contributed by atoms with Gasteiger partial charge in [-0.3, -0.25) is 5.41 Å². The third-order valence-electron chi connectivity index (χ3n) is 0.796. The van der Waals surface area contributed by atoms with E-state index < -0.39 is 0 Å². The summed E-state index contributed by atoms with van der Waals surface area (Å²) in [5.41, 5.74) is 0.884. The highest BCUT2D eigenvalue weighted by atomic mass is 15.1. The van der Waals surface area contributed by atoms with E-state index in [9.17, 15) is 0 Å². The minimum Gasteiger partial charge on any atom is -0.341 e. The van der Waals surface area contributed by atoms with Crippen LogP contribution >= 0.6 is 0 Å². The molecule has 0 radical (unpaired) electrons. The van der Waals surface area contributed by atoms with E-state index in [4.69, 9.17) is 5.41 Å². The van der Waals surface area contributed by atoms with Gasteiger partial charge in [0.2, 0.25) is 0 Å². The molecule has 1 N–H and O–H groups in total. The number of nitrogens with one attached hydrogen (secondary N) is 1. The first kappa shape index (κ1) is 6.21. The molecule has 40 valence electrons. The molecule has 0 aliphatic rings. The fraction of sp³-hybridized carbons (Fsp3) is 0.400. The fourth-order valence-electron chi connectivity index (χ4n) is 0.110. The molecule has 0 aliphatic carbocycles. The molecule has 0 aliphatic heterocycles. The normalized spacial score (nSPS) is 7.71. The highest BCUT2D eigenvalue weighted by Crippen LogP contribution is 1.88. The van der Waals surface area contributed by atoms with Gasteiger partial charge < -0.3 is 4.90 Å². The first-order chi connectivity index (χ1) is 3.18. The van der Waals surface area contributed by atoms with Crippen molar-refractivity contribution in [3.8, 4) is 0 Å². The Bertz CT molecular complexity index is 86.1. The molecule has 0 atom stereocenters. The number of allylic oxidation sites excluding steroid dienone is 1. The van der Waals surface area contributed by atoms with Gasteiger partial charge in [-0.15, -0.1) is 0 Å². The number of nitrogens with zero attached hydrogens (tertiary/aromatic N) is 1. The van der Waals surface area contributed by atoms with E-state index in [0.29, 0.717) is 0 Å². The van der Waals surface area contributed by atoms with E-state index in [1.54, 1.807) is 11.9 Å². The average Bonchev–Trinajstić information content (AvgIpc) is 1.65. The Morgan fingerprint density at radius 3 is 2.29 bits per heavy atom. The van der Waals surface area contributed by atoms with Gasteiger partial charge in [0.05, 0.1) is 6.34 Å². The summed E-state index contributed by atoms with van der Waals surface area (Å²) in [6.45, 7) is 5.45. The summed E-state index contributed by atoms with van der Waals surface area (Å²) in [6, 6.07) is 0. The molecule has 0 saturated heterocycles. The van der Waals surface area contributed by atoms with Gasteiger partial charge in [0.25, 0.3) is 0 Å². The van der Waals surface area contributed by atoms with Crippen molar-refractivity contribution in [2.45, 2.75) is 6.92 Å². The van der Waals surface area contributed by atoms with Crippen molar-refractivity contribution in [3.05, 3.63) is 12.3 Å². The Morgan fingerprint density at radius 1 is 1.86 bits per heavy atom. The molecule has 2 heteroatoms. The molecule has 0 rings (SSSR count). The molecule has 0 aromatic rings. The third kappa shape index (κ3) is 1.98. The Kier molecular flexibility index (Phi) is 2.12. The van der Waals surface area contributed by atoms with Crippen LogP contribution in [0.4, 0.5) is 0 Å². The van der Waals surface area contributed by atoms with Gasteiger partial charge in [-0.2, -0.15) is 0 Å². The average molecular weight is 98.1 g/mol. The topological polar surface area (TPSA) is 27.1 Å². The molecule has 0 fully saturated rings. The van der Waals surface area contributed by atoms with E-state index in [2.05, 4.69) is 6.58 Å². The van der Waals surface area contributed by atoms with Crippen LogP contribution < -0.4 is 0 Å². The lowest BCUT2D eigenvalue weighted by molar-refractivity contribution is 0.646. The lowest BCUT2D eigenvalue weighted by Crippen LogP contribution is -2.10. The van der Waals surface area contributed by atoms with Crippen molar-refractivity contribution in [1.29, 1.82) is 5.41 Å². The van der Waals surface area contributed by atoms with Crippen molar-refractivity contribution < 1.29 is 0 Å². The van der Waals surface area contributed by atoms with Crippen molar-refractivity contribution in [2.75, 3.05) is 7.05 Å². The van der Waals surface area contributed by atoms with E-state index in [0.717, 1.165) is 5.70 Å². The second-order valence-corrected chi connectivity index (χ2v) is 1.48. The van der Waals surface area contributed by atoms with E-state index >= 15 is 0 Å². The predicted octanol–water partition coefficient (Wildman–Crippen LogP) is 1.06. The molecule has 2 nitrogen and oxygen atoms in total. The summed E-state index contributed by atoms with van der Waals surface area (Å²) in [4.78, 5) is 1.64. The Hall–Kier alpha value is -0.790. The van der Waals surface area contributed by atoms with E-state index in [1.807, 2.05) is 6.92 Å². The van der Waals surface area contributed by atoms with Crippen LogP contribution in [0.1, 0.15) is 6.92 Å². The summed E-state index contributed by atoms with van der Waals surface area (Å²) in [7, 11) is 1.79. The van der Waals surface area contributed by atoms with Crippen LogP contribution in [0.25, 0.3) is 0 Å². The fourth-order valence-corrected chi connectivity index (χ4v) is 0.110. The van der Waals surface area contributed by atoms with Crippen LogP contribution in [0, 0.1) is 5.41 Å². The number of rotatable bonds is 2. The van der Waals surface area contributed by atoms with Crippen LogP contribution in [0.15, 0.2) is 12.3 Å². The number of hydrogen-bond donors (Lipinski definition) is 1. The largest absolute Gasteiger partial charge is 0.341 e. The van der Waals surface area contributed by atoms with Gasteiger partial charge in [0.15, 0.2) is 0 Å². The van der Waals surface area contributed by atoms with Gasteiger partial charge in [-0.1, -0.05) is 6.58 Å². The first-order valence-electron chi connectivity index (χ1n) is 2.07. The lowest BCUT2D eigenvalue weighted by Gasteiger charge is -2.08. The minimum absolute atomic E-state index is 0.884. The number of hydrogen-bond acceptors (Lipinski definition) is 1. The molecule has 0 amide bonds. The Labute approximate surface area is 44.0 Å². The monoisotopic (exact) mass is 98.1 g/mol. The van der Waals surface area contributed by atoms with Crippen molar-refractivity contribution in [3.63, 3.8) is 0 Å². The van der Waals surface area contributed by atoms with Crippen LogP contribution in [-0.2, 0) is 0 Å². The van der Waals surface area contributed by atoms with Crippen molar-refractivity contribution in [2.24, 2.45) is 0 Å². The second-order valence-electron chi connectivity index (χ2n) is 1.48. The van der Waals surface area contributed by atoms with Gasteiger partial charge in [-0.25, -0.2) is 0 Å². The van der Waals surface area contributed by atoms with Gasteiger partial charge >= 0.3 is 0 Å². The maximum absolute atomic E-state index is 6.68. The van der Waals surface area contributed by atoms with E-state index in [-0.39, 0.29) is 0 Å². The maximum Gasteiger partial charge on any atom is 0.0856 e.